The first kappa shape index (κ1) is 25.4. The molecule has 3 aromatic rings. The summed E-state index contributed by atoms with van der Waals surface area (Å²) in [5, 5.41) is 10.8. The number of aryl methyl sites for hydroxylation is 1. The Morgan fingerprint density at radius 3 is 2.39 bits per heavy atom. The van der Waals surface area contributed by atoms with Crippen LogP contribution in [0, 0.1) is 6.92 Å². The summed E-state index contributed by atoms with van der Waals surface area (Å²) in [6.45, 7) is 5.32. The molecule has 0 aliphatic carbocycles. The molecule has 3 nitrogen and oxygen atoms in total. The number of rotatable bonds is 5. The number of ether oxygens (including phenoxy) is 1. The summed E-state index contributed by atoms with van der Waals surface area (Å²) in [7, 11) is 1.60. The molecule has 0 amide bonds. The van der Waals surface area contributed by atoms with Crippen LogP contribution in [0.4, 0.5) is 18.9 Å². The second-order valence-electron chi connectivity index (χ2n) is 9.26. The molecular formula is C30H28F3NO2. The van der Waals surface area contributed by atoms with E-state index in [9.17, 15) is 18.3 Å². The minimum absolute atomic E-state index is 0.0115. The van der Waals surface area contributed by atoms with Gasteiger partial charge in [0.2, 0.25) is 0 Å². The maximum absolute atomic E-state index is 14.0. The van der Waals surface area contributed by atoms with E-state index in [2.05, 4.69) is 5.73 Å². The zero-order chi connectivity index (χ0) is 26.1. The van der Waals surface area contributed by atoms with Crippen LogP contribution in [0.3, 0.4) is 0 Å². The maximum atomic E-state index is 14.0. The van der Waals surface area contributed by atoms with E-state index in [-0.39, 0.29) is 11.3 Å². The molecule has 1 aliphatic heterocycles. The van der Waals surface area contributed by atoms with E-state index in [0.717, 1.165) is 22.8 Å². The van der Waals surface area contributed by atoms with Crippen LogP contribution in [0.15, 0.2) is 90.3 Å². The zero-order valence-electron chi connectivity index (χ0n) is 20.6. The molecule has 0 radical (unpaired) electrons. The number of benzene rings is 3. The smallest absolute Gasteiger partial charge is 0.417 e. The molecule has 4 rings (SSSR count). The molecule has 1 heterocycles. The number of nitrogens with zero attached hydrogens (tertiary/aromatic N) is 1. The Morgan fingerprint density at radius 1 is 0.944 bits per heavy atom. The molecule has 0 atom stereocenters. The first-order valence-corrected chi connectivity index (χ1v) is 11.6. The van der Waals surface area contributed by atoms with E-state index in [1.807, 2.05) is 49.4 Å². The van der Waals surface area contributed by atoms with Gasteiger partial charge in [-0.2, -0.15) is 13.2 Å². The lowest BCUT2D eigenvalue weighted by molar-refractivity contribution is -0.137. The Bertz CT molecular complexity index is 1370. The van der Waals surface area contributed by atoms with E-state index in [4.69, 9.17) is 4.74 Å². The molecular weight excluding hydrogens is 463 g/mol. The quantitative estimate of drug-likeness (QED) is 0.371. The van der Waals surface area contributed by atoms with Gasteiger partial charge in [0.25, 0.3) is 0 Å². The highest BCUT2D eigenvalue weighted by Gasteiger charge is 2.35. The third kappa shape index (κ3) is 5.25. The molecule has 0 saturated heterocycles. The predicted molar refractivity (Wildman–Crippen MR) is 138 cm³/mol. The molecule has 186 valence electrons. The monoisotopic (exact) mass is 491 g/mol. The minimum Gasteiger partial charge on any atom is -0.497 e. The van der Waals surface area contributed by atoms with Crippen molar-refractivity contribution in [2.75, 3.05) is 12.0 Å². The number of halogens is 3. The molecule has 3 aromatic carbocycles. The summed E-state index contributed by atoms with van der Waals surface area (Å²) in [5.41, 5.74) is 5.61. The van der Waals surface area contributed by atoms with E-state index in [1.54, 1.807) is 44.2 Å². The van der Waals surface area contributed by atoms with Gasteiger partial charge in [-0.1, -0.05) is 42.1 Å². The highest BCUT2D eigenvalue weighted by atomic mass is 19.4. The number of allylic oxidation sites excluding steroid dienone is 1. The van der Waals surface area contributed by atoms with Gasteiger partial charge in [-0.15, -0.1) is 0 Å². The Labute approximate surface area is 209 Å². The van der Waals surface area contributed by atoms with Crippen molar-refractivity contribution >= 4 is 11.4 Å². The number of anilines is 1. The second kappa shape index (κ2) is 9.73. The van der Waals surface area contributed by atoms with Crippen LogP contribution in [-0.4, -0.2) is 17.8 Å². The van der Waals surface area contributed by atoms with Crippen LogP contribution in [-0.2, 0) is 6.18 Å². The van der Waals surface area contributed by atoms with E-state index < -0.39 is 17.3 Å². The topological polar surface area (TPSA) is 32.7 Å². The van der Waals surface area contributed by atoms with Crippen molar-refractivity contribution in [3.05, 3.63) is 107 Å². The van der Waals surface area contributed by atoms with Crippen LogP contribution in [0.5, 0.6) is 5.75 Å². The molecule has 0 spiro atoms. The third-order valence-corrected chi connectivity index (χ3v) is 6.24. The van der Waals surface area contributed by atoms with Crippen LogP contribution in [0.25, 0.3) is 16.8 Å². The average molecular weight is 492 g/mol. The molecule has 0 bridgehead atoms. The van der Waals surface area contributed by atoms with E-state index in [0.29, 0.717) is 23.4 Å². The van der Waals surface area contributed by atoms with Gasteiger partial charge in [0.15, 0.2) is 0 Å². The SMILES string of the molecule is COc1ccc(C)c(-c2cccc(N3C=C(C(C)(C)O)CC=C=C3c3ccccc3C(F)(F)F)c2)c1. The molecule has 0 saturated carbocycles. The lowest BCUT2D eigenvalue weighted by atomic mass is 9.96. The Kier molecular flexibility index (Phi) is 6.85. The molecule has 0 aromatic heterocycles. The normalized spacial score (nSPS) is 14.3. The average Bonchev–Trinajstić information content (AvgIpc) is 3.07. The van der Waals surface area contributed by atoms with Crippen LogP contribution in [0.2, 0.25) is 0 Å². The lowest BCUT2D eigenvalue weighted by Crippen LogP contribution is -2.25. The molecule has 1 N–H and O–H groups in total. The Morgan fingerprint density at radius 2 is 1.69 bits per heavy atom. The van der Waals surface area contributed by atoms with Crippen molar-refractivity contribution in [3.63, 3.8) is 0 Å². The zero-order valence-corrected chi connectivity index (χ0v) is 20.6. The van der Waals surface area contributed by atoms with Gasteiger partial charge in [-0.25, -0.2) is 0 Å². The van der Waals surface area contributed by atoms with E-state index in [1.165, 1.54) is 12.1 Å². The highest BCUT2D eigenvalue weighted by molar-refractivity contribution is 5.85. The number of alkyl halides is 3. The van der Waals surface area contributed by atoms with Gasteiger partial charge in [-0.3, -0.25) is 0 Å². The number of methoxy groups -OCH3 is 1. The lowest BCUT2D eigenvalue weighted by Gasteiger charge is -2.28. The van der Waals surface area contributed by atoms with Crippen LogP contribution >= 0.6 is 0 Å². The second-order valence-corrected chi connectivity index (χ2v) is 9.26. The van der Waals surface area contributed by atoms with Gasteiger partial charge >= 0.3 is 6.18 Å². The first-order chi connectivity index (χ1) is 17.0. The van der Waals surface area contributed by atoms with Gasteiger partial charge in [-0.05, 0) is 85.9 Å². The van der Waals surface area contributed by atoms with Gasteiger partial charge in [0.1, 0.15) is 5.75 Å². The van der Waals surface area contributed by atoms with E-state index >= 15 is 0 Å². The summed E-state index contributed by atoms with van der Waals surface area (Å²) in [4.78, 5) is 1.68. The van der Waals surface area contributed by atoms with Crippen molar-refractivity contribution in [1.29, 1.82) is 0 Å². The van der Waals surface area contributed by atoms with Gasteiger partial charge < -0.3 is 14.7 Å². The molecule has 0 fully saturated rings. The fourth-order valence-corrected chi connectivity index (χ4v) is 4.22. The molecule has 6 heteroatoms. The number of hydrogen-bond donors (Lipinski definition) is 1. The van der Waals surface area contributed by atoms with Crippen molar-refractivity contribution in [1.82, 2.24) is 0 Å². The number of aliphatic hydroxyl groups is 1. The minimum atomic E-state index is -4.54. The van der Waals surface area contributed by atoms with Crippen LogP contribution in [0.1, 0.15) is 37.0 Å². The summed E-state index contributed by atoms with van der Waals surface area (Å²) < 4.78 is 47.3. The maximum Gasteiger partial charge on any atom is 0.417 e. The fraction of sp³-hybridized carbons (Fsp3) is 0.233. The third-order valence-electron chi connectivity index (χ3n) is 6.24. The number of hydrogen-bond acceptors (Lipinski definition) is 3. The molecule has 0 unspecified atom stereocenters. The Hall–Kier alpha value is -3.73. The largest absolute Gasteiger partial charge is 0.497 e. The Balaban J connectivity index is 1.93. The van der Waals surface area contributed by atoms with Crippen molar-refractivity contribution < 1.29 is 23.0 Å². The standard InChI is InChI=1S/C30H28F3NO2/c1-20-15-16-24(36-4)18-26(20)21-9-7-11-23(17-21)34-19-22(29(2,3)35)10-8-14-28(34)25-12-5-6-13-27(25)30(31,32)33/h5-9,11-13,15-19,35H,10H2,1-4H3. The van der Waals surface area contributed by atoms with Crippen LogP contribution < -0.4 is 9.64 Å². The summed E-state index contributed by atoms with van der Waals surface area (Å²) in [6, 6.07) is 18.8. The van der Waals surface area contributed by atoms with Crippen molar-refractivity contribution in [2.24, 2.45) is 0 Å². The first-order valence-electron chi connectivity index (χ1n) is 11.6. The molecule has 1 aliphatic rings. The fourth-order valence-electron chi connectivity index (χ4n) is 4.22. The summed E-state index contributed by atoms with van der Waals surface area (Å²) >= 11 is 0. The van der Waals surface area contributed by atoms with Crippen molar-refractivity contribution in [3.8, 4) is 16.9 Å². The molecule has 36 heavy (non-hydrogen) atoms. The summed E-state index contributed by atoms with van der Waals surface area (Å²) in [6.07, 6.45) is -0.795. The summed E-state index contributed by atoms with van der Waals surface area (Å²) in [5.74, 6) is 0.711. The van der Waals surface area contributed by atoms with Gasteiger partial charge in [0, 0.05) is 17.5 Å². The van der Waals surface area contributed by atoms with Gasteiger partial charge in [0.05, 0.1) is 24.0 Å². The predicted octanol–water partition coefficient (Wildman–Crippen LogP) is 7.75. The van der Waals surface area contributed by atoms with Crippen molar-refractivity contribution in [2.45, 2.75) is 39.0 Å². The highest BCUT2D eigenvalue weighted by Crippen LogP contribution is 2.40.